The van der Waals surface area contributed by atoms with Gasteiger partial charge < -0.3 is 5.11 Å². The van der Waals surface area contributed by atoms with Crippen molar-refractivity contribution in [2.45, 2.75) is 26.6 Å². The minimum Gasteiger partial charge on any atom is -0.481 e. The van der Waals surface area contributed by atoms with Crippen LogP contribution in [-0.4, -0.2) is 11.1 Å². The zero-order chi connectivity index (χ0) is 10.2. The van der Waals surface area contributed by atoms with E-state index in [1.807, 2.05) is 0 Å². The van der Waals surface area contributed by atoms with Crippen LogP contribution in [0.5, 0.6) is 0 Å². The zero-order valence-corrected chi connectivity index (χ0v) is 4.93. The third-order valence-corrected chi connectivity index (χ3v) is 0.734. The van der Waals surface area contributed by atoms with Crippen molar-refractivity contribution in [3.63, 3.8) is 0 Å². The van der Waals surface area contributed by atoms with Gasteiger partial charge in [-0.1, -0.05) is 20.2 Å². The van der Waals surface area contributed by atoms with E-state index in [1.165, 1.54) is 0 Å². The summed E-state index contributed by atoms with van der Waals surface area (Å²) in [6.45, 7) is 2.21. The average molecular weight is 120 g/mol. The summed E-state index contributed by atoms with van der Waals surface area (Å²) in [4.78, 5) is 10.3. The van der Waals surface area contributed by atoms with Gasteiger partial charge in [0.1, 0.15) is 0 Å². The molecule has 2 atom stereocenters. The number of aliphatic carboxylic acids is 1. The first-order valence-electron chi connectivity index (χ1n) is 4.33. The number of hydrogen-bond donors (Lipinski definition) is 1. The van der Waals surface area contributed by atoms with Crippen LogP contribution in [-0.2, 0) is 4.79 Å². The highest BCUT2D eigenvalue weighted by atomic mass is 16.4. The highest BCUT2D eigenvalue weighted by Crippen LogP contribution is 2.04. The third kappa shape index (κ3) is 3.65. The minimum absolute atomic E-state index is 1.10. The lowest BCUT2D eigenvalue weighted by molar-refractivity contribution is -0.137. The molecule has 8 heavy (non-hydrogen) atoms. The van der Waals surface area contributed by atoms with E-state index in [1.54, 1.807) is 0 Å². The second-order valence-electron chi connectivity index (χ2n) is 1.42. The van der Waals surface area contributed by atoms with E-state index >= 15 is 0 Å². The predicted molar refractivity (Wildman–Crippen MR) is 31.7 cm³/mol. The van der Waals surface area contributed by atoms with Gasteiger partial charge in [-0.25, -0.2) is 0 Å². The molecule has 0 aromatic carbocycles. The Balaban J connectivity index is 4.73. The largest absolute Gasteiger partial charge is 0.481 e. The fourth-order valence-electron chi connectivity index (χ4n) is 0.257. The second-order valence-corrected chi connectivity index (χ2v) is 1.42. The molecule has 0 aromatic rings. The Labute approximate surface area is 55.1 Å². The van der Waals surface area contributed by atoms with Gasteiger partial charge in [-0.05, 0) is 5.89 Å². The fourth-order valence-corrected chi connectivity index (χ4v) is 0.257. The monoisotopic (exact) mass is 120 g/mol. The fraction of sp³-hybridized carbons (Fsp3) is 0.833. The number of hydrogen-bond acceptors (Lipinski definition) is 1. The minimum atomic E-state index is -2.00. The van der Waals surface area contributed by atoms with Gasteiger partial charge in [-0.15, -0.1) is 0 Å². The smallest absolute Gasteiger partial charge is 0.303 e. The van der Waals surface area contributed by atoms with Crippen molar-refractivity contribution >= 4 is 5.97 Å². The van der Waals surface area contributed by atoms with Gasteiger partial charge in [0.05, 0.1) is 0 Å². The van der Waals surface area contributed by atoms with E-state index in [-0.39, 0.29) is 0 Å². The van der Waals surface area contributed by atoms with Gasteiger partial charge in [0.2, 0.25) is 0 Å². The van der Waals surface area contributed by atoms with E-state index in [0.29, 0.717) is 0 Å². The van der Waals surface area contributed by atoms with E-state index < -0.39 is 24.6 Å². The van der Waals surface area contributed by atoms with Crippen LogP contribution in [0.2, 0.25) is 0 Å². The molecule has 0 radical (unpaired) electrons. The highest BCUT2D eigenvalue weighted by molar-refractivity contribution is 5.66. The van der Waals surface area contributed by atoms with Crippen molar-refractivity contribution in [2.24, 2.45) is 5.89 Å². The van der Waals surface area contributed by atoms with Crippen molar-refractivity contribution < 1.29 is 15.4 Å². The van der Waals surface area contributed by atoms with Crippen molar-refractivity contribution in [1.29, 1.82) is 0 Å². The summed E-state index contributed by atoms with van der Waals surface area (Å²) in [5.74, 6) is -3.41. The van der Waals surface area contributed by atoms with Crippen molar-refractivity contribution in [3.05, 3.63) is 0 Å². The molecule has 0 unspecified atom stereocenters. The molecule has 1 N–H and O–H groups in total. The molecule has 0 heterocycles. The summed E-state index contributed by atoms with van der Waals surface area (Å²) in [5.41, 5.74) is 0. The van der Waals surface area contributed by atoms with Crippen molar-refractivity contribution in [3.8, 4) is 0 Å². The van der Waals surface area contributed by atoms with Crippen LogP contribution >= 0.6 is 0 Å². The Morgan fingerprint density at radius 1 is 2.12 bits per heavy atom. The molecule has 0 aromatic heterocycles. The molecule has 0 bridgehead atoms. The number of carboxylic acid groups (broad SMARTS) is 1. The lowest BCUT2D eigenvalue weighted by atomic mass is 10.1. The molecule has 0 rings (SSSR count). The van der Waals surface area contributed by atoms with E-state index in [0.717, 1.165) is 13.8 Å². The Kier molecular flexibility index (Phi) is 1.24. The standard InChI is InChI=1S/C6H12O2/c1-3-5(2)4-6(7)8/h5H,3-4H2,1-2H3,(H,7,8)/t5-/m0/s1/i3D2,4D,5D/t4-,5+/m1. The molecule has 2 heteroatoms. The number of carbonyl (C=O) groups is 1. The summed E-state index contributed by atoms with van der Waals surface area (Å²) >= 11 is 0. The summed E-state index contributed by atoms with van der Waals surface area (Å²) < 4.78 is 28.7. The molecule has 0 aliphatic heterocycles. The molecule has 48 valence electrons. The van der Waals surface area contributed by atoms with Crippen LogP contribution in [0.25, 0.3) is 0 Å². The molecule has 0 aliphatic carbocycles. The molecule has 0 amide bonds. The molecule has 0 saturated carbocycles. The lowest BCUT2D eigenvalue weighted by Crippen LogP contribution is -2.02. The summed E-state index contributed by atoms with van der Waals surface area (Å²) in [5, 5.41) is 8.41. The Hall–Kier alpha value is -0.530. The summed E-state index contributed by atoms with van der Waals surface area (Å²) in [7, 11) is 0. The highest BCUT2D eigenvalue weighted by Gasteiger charge is 2.02. The topological polar surface area (TPSA) is 37.3 Å². The molecule has 0 fully saturated rings. The summed E-state index contributed by atoms with van der Waals surface area (Å²) in [6, 6.07) is 0. The van der Waals surface area contributed by atoms with Gasteiger partial charge in [0.25, 0.3) is 0 Å². The van der Waals surface area contributed by atoms with Crippen LogP contribution in [0.15, 0.2) is 0 Å². The van der Waals surface area contributed by atoms with E-state index in [2.05, 4.69) is 0 Å². The molecule has 0 spiro atoms. The molecular formula is C6H12O2. The first-order chi connectivity index (χ1) is 5.10. The van der Waals surface area contributed by atoms with Crippen LogP contribution in [0.3, 0.4) is 0 Å². The van der Waals surface area contributed by atoms with Gasteiger partial charge in [-0.2, -0.15) is 0 Å². The maximum absolute atomic E-state index is 10.3. The lowest BCUT2D eigenvalue weighted by Gasteiger charge is -2.00. The predicted octanol–water partition coefficient (Wildman–Crippen LogP) is 1.51. The van der Waals surface area contributed by atoms with Crippen LogP contribution < -0.4 is 0 Å². The van der Waals surface area contributed by atoms with Gasteiger partial charge in [0.15, 0.2) is 0 Å². The van der Waals surface area contributed by atoms with Crippen LogP contribution in [0.1, 0.15) is 32.1 Å². The number of rotatable bonds is 3. The van der Waals surface area contributed by atoms with Crippen molar-refractivity contribution in [2.75, 3.05) is 0 Å². The van der Waals surface area contributed by atoms with E-state index in [9.17, 15) is 4.79 Å². The van der Waals surface area contributed by atoms with Gasteiger partial charge >= 0.3 is 5.97 Å². The first-order valence-corrected chi connectivity index (χ1v) is 2.26. The van der Waals surface area contributed by atoms with Gasteiger partial charge in [0, 0.05) is 11.9 Å². The average Bonchev–Trinajstić information content (AvgIpc) is 1.83. The zero-order valence-electron chi connectivity index (χ0n) is 8.93. The van der Waals surface area contributed by atoms with Crippen LogP contribution in [0.4, 0.5) is 0 Å². The first kappa shape index (κ1) is 2.85. The Morgan fingerprint density at radius 2 is 2.62 bits per heavy atom. The maximum Gasteiger partial charge on any atom is 0.303 e. The molecule has 0 saturated heterocycles. The third-order valence-electron chi connectivity index (χ3n) is 0.734. The SMILES string of the molecule is [2H][C@@H](C(=O)O)[C@@]([2H])(C)C([2H])([2H])C. The molecule has 2 nitrogen and oxygen atoms in total. The number of carboxylic acids is 1. The Bertz CT molecular complexity index is 184. The second kappa shape index (κ2) is 3.47. The maximum atomic E-state index is 10.3. The Morgan fingerprint density at radius 3 is 2.75 bits per heavy atom. The van der Waals surface area contributed by atoms with Gasteiger partial charge in [-0.3, -0.25) is 4.79 Å². The molecule has 0 aliphatic rings. The van der Waals surface area contributed by atoms with Crippen LogP contribution in [0, 0.1) is 5.89 Å². The molecular weight excluding hydrogens is 104 g/mol. The normalized spacial score (nSPS) is 30.2. The van der Waals surface area contributed by atoms with E-state index in [4.69, 9.17) is 10.6 Å². The quantitative estimate of drug-likeness (QED) is 0.613. The summed E-state index contributed by atoms with van der Waals surface area (Å²) in [6.07, 6.45) is -3.77. The van der Waals surface area contributed by atoms with Crippen molar-refractivity contribution in [1.82, 2.24) is 0 Å².